The minimum atomic E-state index is -10.7. The molecule has 0 aliphatic heterocycles. The standard InChI is InChI=1S/C27H18O.F6P/c28-22-15-11-21(12-16-22)27(25-17-13-19-7-3-1-5-9-23(19)25)26-18-14-20-8-4-2-6-10-24(20)26;1-7(2,3,4,5)6/h1-18H;/q;-1/p+1. The topological polar surface area (TPSA) is 21.4 Å². The van der Waals surface area contributed by atoms with Gasteiger partial charge in [-0.05, 0) is 56.7 Å². The van der Waals surface area contributed by atoms with Crippen LogP contribution >= 0.6 is 7.81 Å². The first-order valence-electron chi connectivity index (χ1n) is 10.5. The van der Waals surface area contributed by atoms with Gasteiger partial charge in [0.1, 0.15) is 0 Å². The van der Waals surface area contributed by atoms with Crippen LogP contribution in [0.4, 0.5) is 25.2 Å². The van der Waals surface area contributed by atoms with Crippen molar-refractivity contribution in [2.75, 3.05) is 0 Å². The Kier molecular flexibility index (Phi) is 5.73. The van der Waals surface area contributed by atoms with Crippen molar-refractivity contribution >= 4 is 19.2 Å². The molecule has 0 aromatic carbocycles. The molecule has 0 aromatic heterocycles. The molecule has 1 N–H and O–H groups in total. The van der Waals surface area contributed by atoms with Gasteiger partial charge >= 0.3 is 38.8 Å². The summed E-state index contributed by atoms with van der Waals surface area (Å²) in [5.74, 6) is 0.278. The summed E-state index contributed by atoms with van der Waals surface area (Å²) in [6, 6.07) is 29.8. The fourth-order valence-corrected chi connectivity index (χ4v) is 3.95. The van der Waals surface area contributed by atoms with Crippen LogP contribution in [-0.4, -0.2) is 10.6 Å². The summed E-state index contributed by atoms with van der Waals surface area (Å²) in [7, 11) is -10.7. The molecule has 0 saturated heterocycles. The van der Waals surface area contributed by atoms with Gasteiger partial charge < -0.3 is 0 Å². The predicted octanol–water partition coefficient (Wildman–Crippen LogP) is 9.75. The van der Waals surface area contributed by atoms with Gasteiger partial charge in [0.25, 0.3) is 0 Å². The number of ketones is 1. The number of fused-ring (bicyclic) bond motifs is 2. The first-order chi connectivity index (χ1) is 16.3. The van der Waals surface area contributed by atoms with Crippen molar-refractivity contribution in [1.29, 1.82) is 0 Å². The van der Waals surface area contributed by atoms with Gasteiger partial charge in [0.15, 0.2) is 0 Å². The molecule has 5 aliphatic carbocycles. The normalized spacial score (nSPS) is 15.4. The first kappa shape index (κ1) is 24.4. The number of halogens is 6. The molecule has 0 radical (unpaired) electrons. The zero-order chi connectivity index (χ0) is 25.3. The summed E-state index contributed by atoms with van der Waals surface area (Å²) < 4.78 is 59.2. The minimum Gasteiger partial charge on any atom is -0.274 e. The van der Waals surface area contributed by atoms with Crippen LogP contribution in [0.5, 0.6) is 0 Å². The molecule has 0 heterocycles. The fraction of sp³-hybridized carbons (Fsp3) is 0. The Bertz CT molecular complexity index is 1350. The van der Waals surface area contributed by atoms with E-state index in [-0.39, 0.29) is 5.78 Å². The molecule has 5 rings (SSSR count). The van der Waals surface area contributed by atoms with Crippen molar-refractivity contribution < 1.29 is 30.0 Å². The molecule has 0 unspecified atom stereocenters. The second kappa shape index (κ2) is 8.21. The van der Waals surface area contributed by atoms with Crippen LogP contribution in [0, 0.1) is 0 Å². The molecule has 0 amide bonds. The Balaban J connectivity index is 0.000000364. The van der Waals surface area contributed by atoms with Gasteiger partial charge in [-0.15, -0.1) is 0 Å². The van der Waals surface area contributed by atoms with E-state index in [1.54, 1.807) is 12.2 Å². The number of carbonyl (C=O) groups excluding carboxylic acids is 1. The smallest absolute Gasteiger partial charge is 0.274 e. The average molecular weight is 504 g/mol. The van der Waals surface area contributed by atoms with Crippen LogP contribution in [0.3, 0.4) is 0 Å². The molecule has 0 bridgehead atoms. The van der Waals surface area contributed by atoms with Crippen LogP contribution in [0.2, 0.25) is 0 Å². The molecule has 0 fully saturated rings. The Morgan fingerprint density at radius 3 is 1.34 bits per heavy atom. The third kappa shape index (κ3) is 6.67. The second-order valence-electron chi connectivity index (χ2n) is 7.93. The van der Waals surface area contributed by atoms with Crippen molar-refractivity contribution in [3.63, 3.8) is 0 Å². The molecule has 0 atom stereocenters. The van der Waals surface area contributed by atoms with Gasteiger partial charge in [-0.25, -0.2) is 0 Å². The zero-order valence-electron chi connectivity index (χ0n) is 18.1. The van der Waals surface area contributed by atoms with Crippen LogP contribution in [-0.2, 0) is 0 Å². The Morgan fingerprint density at radius 2 is 0.914 bits per heavy atom. The van der Waals surface area contributed by atoms with E-state index in [2.05, 4.69) is 84.9 Å². The maximum absolute atomic E-state index is 10.7. The monoisotopic (exact) mass is 504 g/mol. The van der Waals surface area contributed by atoms with Gasteiger partial charge in [0.2, 0.25) is 0 Å². The van der Waals surface area contributed by atoms with Crippen LogP contribution in [0.25, 0.3) is 27.8 Å². The molecule has 8 heteroatoms. The van der Waals surface area contributed by atoms with E-state index in [1.807, 2.05) is 12.2 Å². The van der Waals surface area contributed by atoms with Crippen molar-refractivity contribution in [1.82, 2.24) is 0 Å². The Morgan fingerprint density at radius 1 is 0.514 bits per heavy atom. The molecule has 0 aromatic rings. The van der Waals surface area contributed by atoms with E-state index in [0.717, 1.165) is 5.57 Å². The molecule has 1 nitrogen and oxygen atoms in total. The van der Waals surface area contributed by atoms with Gasteiger partial charge in [0.05, 0.1) is 0 Å². The summed E-state index contributed by atoms with van der Waals surface area (Å²) in [6.45, 7) is 0. The summed E-state index contributed by atoms with van der Waals surface area (Å²) in [5, 5.41) is 0. The van der Waals surface area contributed by atoms with Gasteiger partial charge in [-0.1, -0.05) is 84.9 Å². The van der Waals surface area contributed by atoms with Gasteiger partial charge in [-0.3, -0.25) is 4.79 Å². The van der Waals surface area contributed by atoms with Gasteiger partial charge in [-0.2, -0.15) is 0 Å². The quantitative estimate of drug-likeness (QED) is 0.147. The van der Waals surface area contributed by atoms with Crippen molar-refractivity contribution in [2.24, 2.45) is 0 Å². The number of rotatable bonds is 2. The van der Waals surface area contributed by atoms with E-state index in [1.165, 1.54) is 39.0 Å². The summed E-state index contributed by atoms with van der Waals surface area (Å²) in [6.07, 6.45) is 7.50. The minimum absolute atomic E-state index is 0.278. The molecule has 0 saturated carbocycles. The third-order valence-electron chi connectivity index (χ3n) is 5.28. The number of allylic oxidation sites excluding steroid dienone is 5. The van der Waals surface area contributed by atoms with E-state index in [0.29, 0.717) is 0 Å². The first-order valence-corrected chi connectivity index (χ1v) is 12.5. The summed E-state index contributed by atoms with van der Waals surface area (Å²) >= 11 is 0. The van der Waals surface area contributed by atoms with Gasteiger partial charge in [0, 0.05) is 12.2 Å². The number of hydrogen-bond acceptors (Lipinski definition) is 0. The van der Waals surface area contributed by atoms with Crippen LogP contribution in [0.15, 0.2) is 115 Å². The SMILES string of the molecule is F[P-](F)(F)(F)(F)F.[OH+]=C1C=CC(=C(c2ccc3cccccc2-3)c2ccc3cccccc2-3)C=C1. The van der Waals surface area contributed by atoms with Crippen molar-refractivity contribution in [2.45, 2.75) is 0 Å². The second-order valence-corrected chi connectivity index (χ2v) is 9.85. The predicted molar refractivity (Wildman–Crippen MR) is 131 cm³/mol. The summed E-state index contributed by atoms with van der Waals surface area (Å²) in [5.41, 5.74) is 9.57. The maximum Gasteiger partial charge on any atom is 0.340 e. The zero-order valence-corrected chi connectivity index (χ0v) is 18.9. The molecular formula is C27H19F6OP. The summed E-state index contributed by atoms with van der Waals surface area (Å²) in [4.78, 5) is 9.80. The Labute approximate surface area is 197 Å². The number of hydrogen-bond donors (Lipinski definition) is 0. The molecular weight excluding hydrogens is 485 g/mol. The van der Waals surface area contributed by atoms with Crippen molar-refractivity contribution in [3.05, 3.63) is 126 Å². The maximum atomic E-state index is 9.87. The van der Waals surface area contributed by atoms with E-state index in [4.69, 9.17) is 0 Å². The molecule has 180 valence electrons. The Hall–Kier alpha value is -3.70. The molecule has 35 heavy (non-hydrogen) atoms. The molecule has 0 spiro atoms. The van der Waals surface area contributed by atoms with Crippen molar-refractivity contribution in [3.8, 4) is 22.3 Å². The molecule has 5 aliphatic rings. The van der Waals surface area contributed by atoms with E-state index >= 15 is 0 Å². The average Bonchev–Trinajstić information content (AvgIpc) is 3.12. The largest absolute Gasteiger partial charge is 0.340 e. The van der Waals surface area contributed by atoms with Crippen LogP contribution < -0.4 is 0 Å². The fourth-order valence-electron chi connectivity index (χ4n) is 3.95. The van der Waals surface area contributed by atoms with Crippen LogP contribution in [0.1, 0.15) is 11.1 Å². The third-order valence-corrected chi connectivity index (χ3v) is 5.28. The van der Waals surface area contributed by atoms with E-state index in [9.17, 15) is 30.0 Å². The van der Waals surface area contributed by atoms with E-state index < -0.39 is 7.81 Å².